The molecular weight excluding hydrogens is 338 g/mol. The monoisotopic (exact) mass is 357 g/mol. The summed E-state index contributed by atoms with van der Waals surface area (Å²) in [6.07, 6.45) is -0.906. The molecule has 0 radical (unpaired) electrons. The Labute approximate surface area is 150 Å². The maximum absolute atomic E-state index is 12.1. The van der Waals surface area contributed by atoms with Crippen LogP contribution in [0, 0.1) is 0 Å². The van der Waals surface area contributed by atoms with Crippen molar-refractivity contribution >= 4 is 17.7 Å². The summed E-state index contributed by atoms with van der Waals surface area (Å²) in [5.41, 5.74) is 0.900. The first kappa shape index (κ1) is 17.6. The predicted molar refractivity (Wildman–Crippen MR) is 93.7 cm³/mol. The topological polar surface area (TPSA) is 83.1 Å². The van der Waals surface area contributed by atoms with Crippen molar-refractivity contribution in [1.29, 1.82) is 0 Å². The van der Waals surface area contributed by atoms with E-state index in [1.54, 1.807) is 37.3 Å². The number of anilines is 1. The van der Waals surface area contributed by atoms with Crippen LogP contribution in [0.15, 0.2) is 48.5 Å². The van der Waals surface area contributed by atoms with Crippen LogP contribution in [0.5, 0.6) is 11.5 Å². The van der Waals surface area contributed by atoms with Gasteiger partial charge in [0.05, 0.1) is 12.2 Å². The summed E-state index contributed by atoms with van der Waals surface area (Å²) in [7, 11) is 0. The van der Waals surface area contributed by atoms with Crippen molar-refractivity contribution in [3.05, 3.63) is 54.1 Å². The van der Waals surface area contributed by atoms with Crippen LogP contribution >= 0.6 is 0 Å². The number of amides is 1. The van der Waals surface area contributed by atoms with Gasteiger partial charge in [-0.3, -0.25) is 5.32 Å². The molecule has 136 valence electrons. The number of nitrogens with one attached hydrogen (secondary N) is 1. The summed E-state index contributed by atoms with van der Waals surface area (Å²) in [6.45, 7) is 2.40. The third-order valence-corrected chi connectivity index (χ3v) is 3.61. The van der Waals surface area contributed by atoms with Gasteiger partial charge in [0.15, 0.2) is 17.6 Å². The first-order chi connectivity index (χ1) is 12.7. The fourth-order valence-corrected chi connectivity index (χ4v) is 2.37. The summed E-state index contributed by atoms with van der Waals surface area (Å²) in [6, 6.07) is 13.7. The third kappa shape index (κ3) is 4.44. The van der Waals surface area contributed by atoms with Gasteiger partial charge in [-0.25, -0.2) is 9.59 Å². The third-order valence-electron chi connectivity index (χ3n) is 3.61. The average molecular weight is 357 g/mol. The Kier molecular flexibility index (Phi) is 5.58. The lowest BCUT2D eigenvalue weighted by molar-refractivity contribution is 0.0110. The van der Waals surface area contributed by atoms with Gasteiger partial charge in [0, 0.05) is 5.69 Å². The molecule has 7 nitrogen and oxygen atoms in total. The number of hydrogen-bond donors (Lipinski definition) is 1. The maximum atomic E-state index is 12.1. The van der Waals surface area contributed by atoms with Gasteiger partial charge in [-0.05, 0) is 43.3 Å². The summed E-state index contributed by atoms with van der Waals surface area (Å²) < 4.78 is 21.4. The Hall–Kier alpha value is -3.22. The van der Waals surface area contributed by atoms with Crippen molar-refractivity contribution in [3.63, 3.8) is 0 Å². The van der Waals surface area contributed by atoms with Gasteiger partial charge in [-0.15, -0.1) is 0 Å². The molecule has 0 bridgehead atoms. The van der Waals surface area contributed by atoms with Gasteiger partial charge in [-0.1, -0.05) is 12.1 Å². The maximum Gasteiger partial charge on any atom is 0.411 e. The number of ether oxygens (including phenoxy) is 4. The molecule has 1 aliphatic heterocycles. The van der Waals surface area contributed by atoms with E-state index in [2.05, 4.69) is 5.32 Å². The molecule has 2 aromatic rings. The lowest BCUT2D eigenvalue weighted by Crippen LogP contribution is -2.34. The summed E-state index contributed by atoms with van der Waals surface area (Å²) in [5.74, 6) is 0.837. The van der Waals surface area contributed by atoms with Crippen molar-refractivity contribution in [3.8, 4) is 11.5 Å². The van der Waals surface area contributed by atoms with Crippen LogP contribution in [0.4, 0.5) is 10.5 Å². The van der Waals surface area contributed by atoms with E-state index >= 15 is 0 Å². The molecular formula is C19H19NO6. The number of fused-ring (bicyclic) bond motifs is 1. The SMILES string of the molecule is CCOC(=O)Nc1ccc(C(=O)OC[C@H]2COc3ccccc3O2)cc1. The number of hydrogen-bond acceptors (Lipinski definition) is 6. The van der Waals surface area contributed by atoms with E-state index in [9.17, 15) is 9.59 Å². The zero-order chi connectivity index (χ0) is 18.4. The summed E-state index contributed by atoms with van der Waals surface area (Å²) in [5, 5.41) is 2.55. The largest absolute Gasteiger partial charge is 0.486 e. The van der Waals surface area contributed by atoms with Gasteiger partial charge in [0.2, 0.25) is 0 Å². The molecule has 26 heavy (non-hydrogen) atoms. The number of esters is 1. The molecule has 1 N–H and O–H groups in total. The molecule has 1 atom stereocenters. The van der Waals surface area contributed by atoms with E-state index in [4.69, 9.17) is 18.9 Å². The normalized spacial score (nSPS) is 15.0. The van der Waals surface area contributed by atoms with E-state index in [0.717, 1.165) is 0 Å². The highest BCUT2D eigenvalue weighted by Crippen LogP contribution is 2.30. The van der Waals surface area contributed by atoms with Crippen LogP contribution in [0.2, 0.25) is 0 Å². The molecule has 0 saturated heterocycles. The lowest BCUT2D eigenvalue weighted by Gasteiger charge is -2.26. The highest BCUT2D eigenvalue weighted by molar-refractivity contribution is 5.91. The Bertz CT molecular complexity index is 774. The van der Waals surface area contributed by atoms with Gasteiger partial charge in [0.1, 0.15) is 13.2 Å². The van der Waals surface area contributed by atoms with Gasteiger partial charge >= 0.3 is 12.1 Å². The number of benzene rings is 2. The van der Waals surface area contributed by atoms with Crippen LogP contribution in [0.1, 0.15) is 17.3 Å². The molecule has 1 heterocycles. The minimum atomic E-state index is -0.544. The Morgan fingerprint density at radius 3 is 2.54 bits per heavy atom. The van der Waals surface area contributed by atoms with Crippen molar-refractivity contribution in [2.45, 2.75) is 13.0 Å². The standard InChI is InChI=1S/C19H19NO6/c1-2-23-19(22)20-14-9-7-13(8-10-14)18(21)25-12-15-11-24-16-5-3-4-6-17(16)26-15/h3-10,15H,2,11-12H2,1H3,(H,20,22)/t15-/m1/s1. The van der Waals surface area contributed by atoms with Crippen molar-refractivity contribution in [1.82, 2.24) is 0 Å². The van der Waals surface area contributed by atoms with E-state index in [-0.39, 0.29) is 19.3 Å². The molecule has 0 aromatic heterocycles. The highest BCUT2D eigenvalue weighted by Gasteiger charge is 2.22. The van der Waals surface area contributed by atoms with Crippen LogP contribution in [-0.2, 0) is 9.47 Å². The molecule has 7 heteroatoms. The second kappa shape index (κ2) is 8.24. The molecule has 1 amide bonds. The number of rotatable bonds is 5. The Morgan fingerprint density at radius 1 is 1.08 bits per heavy atom. The van der Waals surface area contributed by atoms with E-state index in [0.29, 0.717) is 29.4 Å². The molecule has 3 rings (SSSR count). The minimum absolute atomic E-state index is 0.0794. The lowest BCUT2D eigenvalue weighted by atomic mass is 10.2. The van der Waals surface area contributed by atoms with Gasteiger partial charge in [-0.2, -0.15) is 0 Å². The minimum Gasteiger partial charge on any atom is -0.486 e. The summed E-state index contributed by atoms with van der Waals surface area (Å²) in [4.78, 5) is 23.5. The molecule has 0 fully saturated rings. The molecule has 1 aliphatic rings. The van der Waals surface area contributed by atoms with Crippen LogP contribution < -0.4 is 14.8 Å². The molecule has 2 aromatic carbocycles. The second-order valence-electron chi connectivity index (χ2n) is 5.52. The quantitative estimate of drug-likeness (QED) is 0.827. The molecule has 0 spiro atoms. The molecule has 0 saturated carbocycles. The molecule has 0 unspecified atom stereocenters. The van der Waals surface area contributed by atoms with E-state index < -0.39 is 12.1 Å². The zero-order valence-electron chi connectivity index (χ0n) is 14.3. The van der Waals surface area contributed by atoms with Crippen LogP contribution in [0.3, 0.4) is 0 Å². The average Bonchev–Trinajstić information content (AvgIpc) is 2.66. The van der Waals surface area contributed by atoms with Crippen molar-refractivity contribution < 1.29 is 28.5 Å². The number of carbonyl (C=O) groups excluding carboxylic acids is 2. The van der Waals surface area contributed by atoms with Crippen molar-refractivity contribution in [2.24, 2.45) is 0 Å². The highest BCUT2D eigenvalue weighted by atomic mass is 16.6. The van der Waals surface area contributed by atoms with Crippen LogP contribution in [-0.4, -0.2) is 38.0 Å². The first-order valence-corrected chi connectivity index (χ1v) is 8.25. The first-order valence-electron chi connectivity index (χ1n) is 8.25. The zero-order valence-corrected chi connectivity index (χ0v) is 14.3. The number of para-hydroxylation sites is 2. The van der Waals surface area contributed by atoms with Crippen molar-refractivity contribution in [2.75, 3.05) is 25.1 Å². The predicted octanol–water partition coefficient (Wildman–Crippen LogP) is 3.25. The Morgan fingerprint density at radius 2 is 1.81 bits per heavy atom. The smallest absolute Gasteiger partial charge is 0.411 e. The summed E-state index contributed by atoms with van der Waals surface area (Å²) >= 11 is 0. The molecule has 0 aliphatic carbocycles. The van der Waals surface area contributed by atoms with Gasteiger partial charge in [0.25, 0.3) is 0 Å². The van der Waals surface area contributed by atoms with E-state index in [1.807, 2.05) is 18.2 Å². The number of carbonyl (C=O) groups is 2. The van der Waals surface area contributed by atoms with Crippen LogP contribution in [0.25, 0.3) is 0 Å². The fourth-order valence-electron chi connectivity index (χ4n) is 2.37. The van der Waals surface area contributed by atoms with E-state index in [1.165, 1.54) is 0 Å². The van der Waals surface area contributed by atoms with Gasteiger partial charge < -0.3 is 18.9 Å². The Balaban J connectivity index is 1.50. The second-order valence-corrected chi connectivity index (χ2v) is 5.52. The fraction of sp³-hybridized carbons (Fsp3) is 0.263.